The normalized spacial score (nSPS) is 10.2. The summed E-state index contributed by atoms with van der Waals surface area (Å²) in [6, 6.07) is 3.46. The Morgan fingerprint density at radius 2 is 2.08 bits per heavy atom. The fourth-order valence-corrected chi connectivity index (χ4v) is 1.15. The van der Waals surface area contributed by atoms with Crippen LogP contribution in [-0.2, 0) is 6.42 Å². The topological polar surface area (TPSA) is 72.3 Å². The number of nitrogen functional groups attached to an aromatic ring is 1. The predicted molar refractivity (Wildman–Crippen MR) is 50.0 cm³/mol. The molecular formula is C9H14N2O. The Hall–Kier alpha value is -1.22. The van der Waals surface area contributed by atoms with Gasteiger partial charge >= 0.3 is 0 Å². The highest BCUT2D eigenvalue weighted by Gasteiger charge is 2.04. The number of rotatable bonds is 2. The van der Waals surface area contributed by atoms with Gasteiger partial charge in [0.15, 0.2) is 0 Å². The molecular weight excluding hydrogens is 152 g/mol. The van der Waals surface area contributed by atoms with E-state index in [0.717, 1.165) is 17.5 Å². The summed E-state index contributed by atoms with van der Waals surface area (Å²) in [5.41, 5.74) is 13.6. The molecule has 0 unspecified atom stereocenters. The van der Waals surface area contributed by atoms with Gasteiger partial charge in [0.25, 0.3) is 0 Å². The molecule has 0 bridgehead atoms. The average Bonchev–Trinajstić information content (AvgIpc) is 2.07. The van der Waals surface area contributed by atoms with E-state index in [0.29, 0.717) is 12.2 Å². The van der Waals surface area contributed by atoms with Crippen LogP contribution in [0.2, 0.25) is 0 Å². The lowest BCUT2D eigenvalue weighted by atomic mass is 10.0. The maximum atomic E-state index is 9.28. The maximum Gasteiger partial charge on any atom is 0.120 e. The van der Waals surface area contributed by atoms with Crippen molar-refractivity contribution in [2.24, 2.45) is 5.73 Å². The third kappa shape index (κ3) is 1.51. The van der Waals surface area contributed by atoms with Crippen molar-refractivity contribution in [2.75, 3.05) is 12.3 Å². The molecule has 0 saturated carbocycles. The zero-order valence-corrected chi connectivity index (χ0v) is 7.17. The molecule has 0 spiro atoms. The van der Waals surface area contributed by atoms with Gasteiger partial charge in [-0.25, -0.2) is 0 Å². The second-order valence-electron chi connectivity index (χ2n) is 2.82. The highest BCUT2D eigenvalue weighted by Crippen LogP contribution is 2.25. The van der Waals surface area contributed by atoms with E-state index >= 15 is 0 Å². The summed E-state index contributed by atoms with van der Waals surface area (Å²) in [5.74, 6) is 0.244. The largest absolute Gasteiger partial charge is 0.508 e. The van der Waals surface area contributed by atoms with Gasteiger partial charge in [0, 0.05) is 11.3 Å². The molecule has 66 valence electrons. The monoisotopic (exact) mass is 166 g/mol. The van der Waals surface area contributed by atoms with Gasteiger partial charge in [-0.2, -0.15) is 0 Å². The number of hydrogen-bond donors (Lipinski definition) is 3. The zero-order valence-electron chi connectivity index (χ0n) is 7.17. The van der Waals surface area contributed by atoms with Gasteiger partial charge in [0.1, 0.15) is 5.75 Å². The van der Waals surface area contributed by atoms with Gasteiger partial charge in [-0.3, -0.25) is 0 Å². The second kappa shape index (κ2) is 3.45. The molecule has 3 nitrogen and oxygen atoms in total. The predicted octanol–water partition coefficient (Wildman–Crippen LogP) is 0.784. The Morgan fingerprint density at radius 1 is 1.42 bits per heavy atom. The highest BCUT2D eigenvalue weighted by molar-refractivity contribution is 5.58. The first-order valence-corrected chi connectivity index (χ1v) is 3.93. The minimum atomic E-state index is 0.244. The molecule has 3 heteroatoms. The van der Waals surface area contributed by atoms with Crippen molar-refractivity contribution in [1.82, 2.24) is 0 Å². The zero-order chi connectivity index (χ0) is 9.14. The van der Waals surface area contributed by atoms with Crippen molar-refractivity contribution in [3.8, 4) is 5.75 Å². The summed E-state index contributed by atoms with van der Waals surface area (Å²) < 4.78 is 0. The number of phenols is 1. The fourth-order valence-electron chi connectivity index (χ4n) is 1.15. The van der Waals surface area contributed by atoms with Crippen molar-refractivity contribution in [3.63, 3.8) is 0 Å². The van der Waals surface area contributed by atoms with Crippen LogP contribution >= 0.6 is 0 Å². The number of phenolic OH excluding ortho intramolecular Hbond substituents is 1. The standard InChI is InChI=1S/C9H14N2O/c1-6-8(12)3-2-7(4-5-10)9(6)11/h2-3,12H,4-5,10-11H2,1H3. The number of hydrogen-bond acceptors (Lipinski definition) is 3. The summed E-state index contributed by atoms with van der Waals surface area (Å²) in [6.45, 7) is 2.37. The lowest BCUT2D eigenvalue weighted by Gasteiger charge is -2.08. The van der Waals surface area contributed by atoms with E-state index in [9.17, 15) is 5.11 Å². The molecule has 12 heavy (non-hydrogen) atoms. The molecule has 0 fully saturated rings. The van der Waals surface area contributed by atoms with Crippen LogP contribution in [0, 0.1) is 6.92 Å². The Balaban J connectivity index is 3.08. The van der Waals surface area contributed by atoms with Crippen molar-refractivity contribution in [1.29, 1.82) is 0 Å². The smallest absolute Gasteiger partial charge is 0.120 e. The summed E-state index contributed by atoms with van der Waals surface area (Å²) in [4.78, 5) is 0. The van der Waals surface area contributed by atoms with E-state index in [1.165, 1.54) is 0 Å². The summed E-state index contributed by atoms with van der Waals surface area (Å²) in [6.07, 6.45) is 0.757. The molecule has 5 N–H and O–H groups in total. The minimum Gasteiger partial charge on any atom is -0.508 e. The molecule has 0 amide bonds. The molecule has 0 saturated heterocycles. The molecule has 0 atom stereocenters. The van der Waals surface area contributed by atoms with E-state index in [4.69, 9.17) is 11.5 Å². The van der Waals surface area contributed by atoms with Gasteiger partial charge in [-0.05, 0) is 31.5 Å². The van der Waals surface area contributed by atoms with E-state index in [1.807, 2.05) is 6.07 Å². The first kappa shape index (κ1) is 8.87. The fraction of sp³-hybridized carbons (Fsp3) is 0.333. The van der Waals surface area contributed by atoms with Crippen LogP contribution in [0.15, 0.2) is 12.1 Å². The third-order valence-corrected chi connectivity index (χ3v) is 1.99. The third-order valence-electron chi connectivity index (χ3n) is 1.99. The van der Waals surface area contributed by atoms with Crippen LogP contribution in [0.25, 0.3) is 0 Å². The first-order chi connectivity index (χ1) is 5.66. The van der Waals surface area contributed by atoms with Crippen LogP contribution in [-0.4, -0.2) is 11.7 Å². The molecule has 1 aromatic carbocycles. The maximum absolute atomic E-state index is 9.28. The van der Waals surface area contributed by atoms with Gasteiger partial charge in [0.05, 0.1) is 0 Å². The Labute approximate surface area is 72.0 Å². The Kier molecular flexibility index (Phi) is 2.55. The van der Waals surface area contributed by atoms with Crippen molar-refractivity contribution >= 4 is 5.69 Å². The van der Waals surface area contributed by atoms with Crippen LogP contribution < -0.4 is 11.5 Å². The molecule has 1 aromatic rings. The van der Waals surface area contributed by atoms with Crippen molar-refractivity contribution < 1.29 is 5.11 Å². The Morgan fingerprint density at radius 3 is 2.67 bits per heavy atom. The number of benzene rings is 1. The molecule has 0 heterocycles. The van der Waals surface area contributed by atoms with Gasteiger partial charge < -0.3 is 16.6 Å². The molecule has 1 rings (SSSR count). The van der Waals surface area contributed by atoms with Crippen LogP contribution in [0.5, 0.6) is 5.75 Å². The van der Waals surface area contributed by atoms with E-state index in [1.54, 1.807) is 13.0 Å². The van der Waals surface area contributed by atoms with Crippen LogP contribution in [0.4, 0.5) is 5.69 Å². The van der Waals surface area contributed by atoms with Crippen molar-refractivity contribution in [2.45, 2.75) is 13.3 Å². The Bertz CT molecular complexity index is 284. The van der Waals surface area contributed by atoms with Crippen molar-refractivity contribution in [3.05, 3.63) is 23.3 Å². The summed E-state index contributed by atoms with van der Waals surface area (Å²) in [7, 11) is 0. The van der Waals surface area contributed by atoms with E-state index < -0.39 is 0 Å². The highest BCUT2D eigenvalue weighted by atomic mass is 16.3. The van der Waals surface area contributed by atoms with Crippen LogP contribution in [0.1, 0.15) is 11.1 Å². The van der Waals surface area contributed by atoms with Gasteiger partial charge in [0.2, 0.25) is 0 Å². The quantitative estimate of drug-likeness (QED) is 0.568. The molecule has 0 aliphatic heterocycles. The average molecular weight is 166 g/mol. The summed E-state index contributed by atoms with van der Waals surface area (Å²) in [5, 5.41) is 9.28. The second-order valence-corrected chi connectivity index (χ2v) is 2.82. The van der Waals surface area contributed by atoms with E-state index in [-0.39, 0.29) is 5.75 Å². The van der Waals surface area contributed by atoms with Gasteiger partial charge in [-0.1, -0.05) is 6.07 Å². The number of anilines is 1. The van der Waals surface area contributed by atoms with Gasteiger partial charge in [-0.15, -0.1) is 0 Å². The number of nitrogens with two attached hydrogens (primary N) is 2. The minimum absolute atomic E-state index is 0.244. The molecule has 0 aliphatic rings. The SMILES string of the molecule is Cc1c(O)ccc(CCN)c1N. The summed E-state index contributed by atoms with van der Waals surface area (Å²) >= 11 is 0. The van der Waals surface area contributed by atoms with Crippen LogP contribution in [0.3, 0.4) is 0 Å². The molecule has 0 aromatic heterocycles. The lowest BCUT2D eigenvalue weighted by molar-refractivity contribution is 0.471. The van der Waals surface area contributed by atoms with E-state index in [2.05, 4.69) is 0 Å². The lowest BCUT2D eigenvalue weighted by Crippen LogP contribution is -2.06. The first-order valence-electron chi connectivity index (χ1n) is 3.93. The molecule has 0 radical (unpaired) electrons. The number of aromatic hydroxyl groups is 1. The molecule has 0 aliphatic carbocycles.